The third-order valence-electron chi connectivity index (χ3n) is 2.84. The molecule has 7 nitrogen and oxygen atoms in total. The Labute approximate surface area is 130 Å². The van der Waals surface area contributed by atoms with Crippen LogP contribution in [0.3, 0.4) is 0 Å². The van der Waals surface area contributed by atoms with E-state index in [1.807, 2.05) is 24.3 Å². The van der Waals surface area contributed by atoms with Crippen LogP contribution >= 0.6 is 15.9 Å². The summed E-state index contributed by atoms with van der Waals surface area (Å²) in [6.45, 7) is 0.610. The highest BCUT2D eigenvalue weighted by Crippen LogP contribution is 2.20. The maximum absolute atomic E-state index is 11.6. The molecule has 0 saturated heterocycles. The summed E-state index contributed by atoms with van der Waals surface area (Å²) < 4.78 is 2.52. The van der Waals surface area contributed by atoms with Crippen molar-refractivity contribution in [1.82, 2.24) is 15.0 Å². The number of aliphatic hydroxyl groups excluding tert-OH is 1. The Morgan fingerprint density at radius 1 is 1.43 bits per heavy atom. The normalized spacial score (nSPS) is 12.1. The van der Waals surface area contributed by atoms with E-state index in [9.17, 15) is 4.79 Å². The molecule has 0 aliphatic carbocycles. The fraction of sp³-hybridized carbons (Fsp3) is 0.308. The molecular weight excluding hydrogens is 338 g/mol. The number of primary amides is 1. The second kappa shape index (κ2) is 7.19. The van der Waals surface area contributed by atoms with Gasteiger partial charge in [-0.15, -0.1) is 5.10 Å². The predicted octanol–water partition coefficient (Wildman–Crippen LogP) is 1.06. The van der Waals surface area contributed by atoms with Crippen LogP contribution in [0.5, 0.6) is 0 Å². The van der Waals surface area contributed by atoms with Crippen LogP contribution < -0.4 is 11.1 Å². The molecule has 2 rings (SSSR count). The maximum Gasteiger partial charge on any atom is 0.246 e. The van der Waals surface area contributed by atoms with E-state index in [-0.39, 0.29) is 6.61 Å². The van der Waals surface area contributed by atoms with Gasteiger partial charge >= 0.3 is 0 Å². The van der Waals surface area contributed by atoms with Crippen LogP contribution in [0, 0.1) is 0 Å². The average Bonchev–Trinajstić information content (AvgIpc) is 2.92. The van der Waals surface area contributed by atoms with Gasteiger partial charge in [-0.05, 0) is 30.7 Å². The second-order valence-corrected chi connectivity index (χ2v) is 5.39. The maximum atomic E-state index is 11.6. The van der Waals surface area contributed by atoms with Crippen molar-refractivity contribution < 1.29 is 9.90 Å². The smallest absolute Gasteiger partial charge is 0.246 e. The van der Waals surface area contributed by atoms with Crippen molar-refractivity contribution in [3.05, 3.63) is 40.6 Å². The number of rotatable bonds is 7. The number of carbonyl (C=O) groups excluding carboxylic acids is 1. The van der Waals surface area contributed by atoms with Crippen molar-refractivity contribution in [2.24, 2.45) is 5.73 Å². The Hall–Kier alpha value is -1.93. The number of aromatic nitrogens is 3. The summed E-state index contributed by atoms with van der Waals surface area (Å²) in [7, 11) is 0. The lowest BCUT2D eigenvalue weighted by Gasteiger charge is -2.14. The van der Waals surface area contributed by atoms with Crippen molar-refractivity contribution in [3.8, 4) is 0 Å². The number of hydrogen-bond donors (Lipinski definition) is 3. The van der Waals surface area contributed by atoms with E-state index in [4.69, 9.17) is 10.8 Å². The highest BCUT2D eigenvalue weighted by molar-refractivity contribution is 9.10. The Kier molecular flexibility index (Phi) is 5.29. The lowest BCUT2D eigenvalue weighted by Crippen LogP contribution is -2.28. The molecule has 0 aliphatic heterocycles. The van der Waals surface area contributed by atoms with Crippen LogP contribution in [0.4, 0.5) is 5.69 Å². The number of amides is 1. The first-order chi connectivity index (χ1) is 10.1. The Morgan fingerprint density at radius 2 is 2.14 bits per heavy atom. The van der Waals surface area contributed by atoms with Gasteiger partial charge in [-0.2, -0.15) is 0 Å². The largest absolute Gasteiger partial charge is 0.396 e. The molecule has 0 fully saturated rings. The van der Waals surface area contributed by atoms with Crippen LogP contribution in [0.2, 0.25) is 0 Å². The molecule has 1 heterocycles. The summed E-state index contributed by atoms with van der Waals surface area (Å²) in [4.78, 5) is 11.6. The van der Waals surface area contributed by atoms with Gasteiger partial charge in [0.25, 0.3) is 0 Å². The predicted molar refractivity (Wildman–Crippen MR) is 81.4 cm³/mol. The van der Waals surface area contributed by atoms with E-state index < -0.39 is 11.9 Å². The van der Waals surface area contributed by atoms with E-state index in [0.717, 1.165) is 10.2 Å². The summed E-state index contributed by atoms with van der Waals surface area (Å²) >= 11 is 3.35. The minimum Gasteiger partial charge on any atom is -0.396 e. The van der Waals surface area contributed by atoms with E-state index in [2.05, 4.69) is 31.6 Å². The zero-order valence-electron chi connectivity index (χ0n) is 11.2. The molecule has 1 atom stereocenters. The molecule has 4 N–H and O–H groups in total. The van der Waals surface area contributed by atoms with Crippen molar-refractivity contribution in [2.45, 2.75) is 19.0 Å². The number of benzene rings is 1. The van der Waals surface area contributed by atoms with Gasteiger partial charge in [0.2, 0.25) is 5.91 Å². The molecule has 8 heteroatoms. The number of nitrogens with two attached hydrogens (primary N) is 1. The van der Waals surface area contributed by atoms with E-state index in [1.54, 1.807) is 10.9 Å². The number of nitrogens with zero attached hydrogens (tertiary/aromatic N) is 3. The van der Waals surface area contributed by atoms with Gasteiger partial charge in [-0.1, -0.05) is 21.1 Å². The first-order valence-electron chi connectivity index (χ1n) is 6.42. The van der Waals surface area contributed by atoms with Gasteiger partial charge in [0.1, 0.15) is 5.69 Å². The summed E-state index contributed by atoms with van der Waals surface area (Å²) in [5, 5.41) is 19.7. The minimum atomic E-state index is -0.756. The number of hydrogen-bond acceptors (Lipinski definition) is 5. The van der Waals surface area contributed by atoms with Gasteiger partial charge < -0.3 is 16.2 Å². The van der Waals surface area contributed by atoms with Crippen LogP contribution in [0.1, 0.15) is 18.2 Å². The monoisotopic (exact) mass is 353 g/mol. The Bertz CT molecular complexity index is 599. The molecule has 1 unspecified atom stereocenters. The standard InChI is InChI=1S/C13H16BrN5O2/c14-9-2-4-10(5-3-9)16-12(13(15)21)11-8-19(18-17-11)6-1-7-20/h2-5,8,12,16,20H,1,6-7H2,(H2,15,21). The van der Waals surface area contributed by atoms with Gasteiger partial charge in [-0.3, -0.25) is 9.48 Å². The first kappa shape index (κ1) is 15.5. The molecule has 0 radical (unpaired) electrons. The van der Waals surface area contributed by atoms with E-state index in [0.29, 0.717) is 18.7 Å². The minimum absolute atomic E-state index is 0.0750. The fourth-order valence-corrected chi connectivity index (χ4v) is 2.06. The molecule has 0 saturated carbocycles. The van der Waals surface area contributed by atoms with Crippen LogP contribution in [0.25, 0.3) is 0 Å². The van der Waals surface area contributed by atoms with Crippen molar-refractivity contribution in [3.63, 3.8) is 0 Å². The molecule has 112 valence electrons. The van der Waals surface area contributed by atoms with Gasteiger partial charge in [0, 0.05) is 23.3 Å². The van der Waals surface area contributed by atoms with Crippen LogP contribution in [-0.4, -0.2) is 32.6 Å². The van der Waals surface area contributed by atoms with Crippen molar-refractivity contribution in [1.29, 1.82) is 0 Å². The molecule has 0 aliphatic rings. The first-order valence-corrected chi connectivity index (χ1v) is 7.22. The quantitative estimate of drug-likeness (QED) is 0.690. The van der Waals surface area contributed by atoms with E-state index in [1.165, 1.54) is 0 Å². The highest BCUT2D eigenvalue weighted by Gasteiger charge is 2.21. The second-order valence-electron chi connectivity index (χ2n) is 4.47. The van der Waals surface area contributed by atoms with Gasteiger partial charge in [0.05, 0.1) is 6.20 Å². The van der Waals surface area contributed by atoms with Gasteiger partial charge in [0.15, 0.2) is 6.04 Å². The topological polar surface area (TPSA) is 106 Å². The Balaban J connectivity index is 2.13. The molecular formula is C13H16BrN5O2. The lowest BCUT2D eigenvalue weighted by atomic mass is 10.2. The van der Waals surface area contributed by atoms with Gasteiger partial charge in [-0.25, -0.2) is 0 Å². The fourth-order valence-electron chi connectivity index (χ4n) is 1.79. The number of aryl methyl sites for hydroxylation is 1. The van der Waals surface area contributed by atoms with Crippen LogP contribution in [0.15, 0.2) is 34.9 Å². The molecule has 21 heavy (non-hydrogen) atoms. The highest BCUT2D eigenvalue weighted by atomic mass is 79.9. The number of halogens is 1. The summed E-state index contributed by atoms with van der Waals surface area (Å²) in [5.74, 6) is -0.535. The summed E-state index contributed by atoms with van der Waals surface area (Å²) in [6.07, 6.45) is 2.22. The zero-order chi connectivity index (χ0) is 15.2. The molecule has 0 spiro atoms. The number of nitrogens with one attached hydrogen (secondary N) is 1. The molecule has 2 aromatic rings. The van der Waals surface area contributed by atoms with Crippen molar-refractivity contribution in [2.75, 3.05) is 11.9 Å². The number of aliphatic hydroxyl groups is 1. The molecule has 1 amide bonds. The molecule has 1 aromatic heterocycles. The Morgan fingerprint density at radius 3 is 2.76 bits per heavy atom. The van der Waals surface area contributed by atoms with Crippen LogP contribution in [-0.2, 0) is 11.3 Å². The molecule has 1 aromatic carbocycles. The summed E-state index contributed by atoms with van der Waals surface area (Å²) in [5.41, 5.74) is 6.63. The third kappa shape index (κ3) is 4.27. The summed E-state index contributed by atoms with van der Waals surface area (Å²) in [6, 6.07) is 6.62. The number of anilines is 1. The van der Waals surface area contributed by atoms with E-state index >= 15 is 0 Å². The lowest BCUT2D eigenvalue weighted by molar-refractivity contribution is -0.118. The third-order valence-corrected chi connectivity index (χ3v) is 3.37. The van der Waals surface area contributed by atoms with Crippen molar-refractivity contribution >= 4 is 27.5 Å². The molecule has 0 bridgehead atoms. The zero-order valence-corrected chi connectivity index (χ0v) is 12.8. The number of carbonyl (C=O) groups is 1. The SMILES string of the molecule is NC(=O)C(Nc1ccc(Br)cc1)c1cn(CCCO)nn1. The average molecular weight is 354 g/mol.